The van der Waals surface area contributed by atoms with E-state index in [1.807, 2.05) is 6.92 Å². The summed E-state index contributed by atoms with van der Waals surface area (Å²) in [5, 5.41) is 14.4. The molecule has 0 spiro atoms. The molecule has 1 saturated carbocycles. The summed E-state index contributed by atoms with van der Waals surface area (Å²) in [4.78, 5) is 8.87. The van der Waals surface area contributed by atoms with Crippen molar-refractivity contribution in [3.05, 3.63) is 6.20 Å². The number of nitrogens with zero attached hydrogens (tertiary/aromatic N) is 3. The van der Waals surface area contributed by atoms with Crippen molar-refractivity contribution in [3.63, 3.8) is 0 Å². The molecule has 96 valence electrons. The molecule has 0 saturated heterocycles. The van der Waals surface area contributed by atoms with Crippen LogP contribution in [0.3, 0.4) is 0 Å². The summed E-state index contributed by atoms with van der Waals surface area (Å²) in [6.45, 7) is 3.83. The molecule has 0 aliphatic heterocycles. The number of anilines is 2. The van der Waals surface area contributed by atoms with Gasteiger partial charge in [-0.3, -0.25) is 5.10 Å². The minimum Gasteiger partial charge on any atom is -0.369 e. The lowest BCUT2D eigenvalue weighted by Gasteiger charge is -2.25. The zero-order chi connectivity index (χ0) is 12.4. The second kappa shape index (κ2) is 4.80. The van der Waals surface area contributed by atoms with Crippen LogP contribution in [-0.2, 0) is 0 Å². The van der Waals surface area contributed by atoms with Crippen molar-refractivity contribution in [2.45, 2.75) is 26.2 Å². The molecule has 0 radical (unpaired) electrons. The highest BCUT2D eigenvalue weighted by molar-refractivity contribution is 5.86. The van der Waals surface area contributed by atoms with E-state index in [0.29, 0.717) is 5.95 Å². The van der Waals surface area contributed by atoms with Gasteiger partial charge in [0.15, 0.2) is 5.65 Å². The molecule has 2 aromatic rings. The lowest BCUT2D eigenvalue weighted by Crippen LogP contribution is -2.21. The van der Waals surface area contributed by atoms with Crippen molar-refractivity contribution >= 4 is 22.8 Å². The van der Waals surface area contributed by atoms with Gasteiger partial charge < -0.3 is 10.6 Å². The number of hydrogen-bond acceptors (Lipinski definition) is 5. The molecule has 0 aromatic carbocycles. The molecule has 0 atom stereocenters. The van der Waals surface area contributed by atoms with E-state index >= 15 is 0 Å². The van der Waals surface area contributed by atoms with Crippen LogP contribution in [-0.4, -0.2) is 33.3 Å². The molecule has 1 aliphatic rings. The Labute approximate surface area is 106 Å². The SMILES string of the molecule is CCNc1nc(NCC2CCC2)c2cn[nH]c2n1. The van der Waals surface area contributed by atoms with Gasteiger partial charge in [0.1, 0.15) is 5.82 Å². The Kier molecular flexibility index (Phi) is 3.00. The molecule has 6 heteroatoms. The Hall–Kier alpha value is -1.85. The van der Waals surface area contributed by atoms with Gasteiger partial charge >= 0.3 is 0 Å². The van der Waals surface area contributed by atoms with Gasteiger partial charge in [0.25, 0.3) is 0 Å². The fraction of sp³-hybridized carbons (Fsp3) is 0.583. The van der Waals surface area contributed by atoms with E-state index in [1.165, 1.54) is 19.3 Å². The van der Waals surface area contributed by atoms with Crippen molar-refractivity contribution in [2.75, 3.05) is 23.7 Å². The first-order valence-electron chi connectivity index (χ1n) is 6.55. The van der Waals surface area contributed by atoms with E-state index in [2.05, 4.69) is 30.8 Å². The van der Waals surface area contributed by atoms with Crippen molar-refractivity contribution in [1.82, 2.24) is 20.2 Å². The molecule has 0 bridgehead atoms. The smallest absolute Gasteiger partial charge is 0.226 e. The predicted octanol–water partition coefficient (Wildman–Crippen LogP) is 2.00. The molecule has 18 heavy (non-hydrogen) atoms. The Balaban J connectivity index is 1.84. The first-order valence-corrected chi connectivity index (χ1v) is 6.55. The summed E-state index contributed by atoms with van der Waals surface area (Å²) in [5.74, 6) is 2.31. The van der Waals surface area contributed by atoms with Crippen LogP contribution in [0.15, 0.2) is 6.20 Å². The predicted molar refractivity (Wildman–Crippen MR) is 71.7 cm³/mol. The van der Waals surface area contributed by atoms with E-state index in [0.717, 1.165) is 35.9 Å². The molecular weight excluding hydrogens is 228 g/mol. The van der Waals surface area contributed by atoms with Crippen molar-refractivity contribution in [2.24, 2.45) is 5.92 Å². The van der Waals surface area contributed by atoms with E-state index in [9.17, 15) is 0 Å². The molecule has 3 N–H and O–H groups in total. The minimum absolute atomic E-state index is 0.644. The molecule has 2 aromatic heterocycles. The molecule has 0 unspecified atom stereocenters. The van der Waals surface area contributed by atoms with E-state index in [1.54, 1.807) is 6.20 Å². The summed E-state index contributed by atoms with van der Waals surface area (Å²) in [6.07, 6.45) is 5.79. The molecule has 2 heterocycles. The average molecular weight is 246 g/mol. The number of hydrogen-bond donors (Lipinski definition) is 3. The summed E-state index contributed by atoms with van der Waals surface area (Å²) >= 11 is 0. The van der Waals surface area contributed by atoms with Gasteiger partial charge in [0, 0.05) is 13.1 Å². The van der Waals surface area contributed by atoms with Crippen LogP contribution in [0.2, 0.25) is 0 Å². The molecule has 6 nitrogen and oxygen atoms in total. The van der Waals surface area contributed by atoms with Crippen LogP contribution in [0.1, 0.15) is 26.2 Å². The van der Waals surface area contributed by atoms with Gasteiger partial charge in [0.05, 0.1) is 11.6 Å². The molecular formula is C12H18N6. The number of fused-ring (bicyclic) bond motifs is 1. The molecule has 3 rings (SSSR count). The quantitative estimate of drug-likeness (QED) is 0.752. The van der Waals surface area contributed by atoms with Crippen LogP contribution < -0.4 is 10.6 Å². The van der Waals surface area contributed by atoms with Crippen molar-refractivity contribution in [1.29, 1.82) is 0 Å². The largest absolute Gasteiger partial charge is 0.369 e. The first kappa shape index (κ1) is 11.3. The van der Waals surface area contributed by atoms with Crippen molar-refractivity contribution < 1.29 is 0 Å². The lowest BCUT2D eigenvalue weighted by atomic mass is 9.85. The zero-order valence-electron chi connectivity index (χ0n) is 10.5. The number of aromatic amines is 1. The Morgan fingerprint density at radius 3 is 2.94 bits per heavy atom. The summed E-state index contributed by atoms with van der Waals surface area (Å²) in [5.41, 5.74) is 0.775. The topological polar surface area (TPSA) is 78.5 Å². The summed E-state index contributed by atoms with van der Waals surface area (Å²) in [7, 11) is 0. The van der Waals surface area contributed by atoms with Gasteiger partial charge in [-0.2, -0.15) is 15.1 Å². The highest BCUT2D eigenvalue weighted by atomic mass is 15.2. The highest BCUT2D eigenvalue weighted by Crippen LogP contribution is 2.27. The Bertz CT molecular complexity index is 530. The molecule has 1 aliphatic carbocycles. The van der Waals surface area contributed by atoms with Crippen LogP contribution >= 0.6 is 0 Å². The second-order valence-electron chi connectivity index (χ2n) is 4.74. The van der Waals surface area contributed by atoms with Crippen LogP contribution in [0.25, 0.3) is 11.0 Å². The van der Waals surface area contributed by atoms with Gasteiger partial charge in [0.2, 0.25) is 5.95 Å². The third kappa shape index (κ3) is 2.10. The number of H-pyrrole nitrogens is 1. The Morgan fingerprint density at radius 2 is 2.22 bits per heavy atom. The average Bonchev–Trinajstić information content (AvgIpc) is 2.75. The summed E-state index contributed by atoms with van der Waals surface area (Å²) < 4.78 is 0. The maximum absolute atomic E-state index is 4.50. The zero-order valence-corrected chi connectivity index (χ0v) is 10.5. The maximum Gasteiger partial charge on any atom is 0.226 e. The van der Waals surface area contributed by atoms with Crippen LogP contribution in [0.4, 0.5) is 11.8 Å². The van der Waals surface area contributed by atoms with Gasteiger partial charge in [-0.1, -0.05) is 6.42 Å². The van der Waals surface area contributed by atoms with E-state index < -0.39 is 0 Å². The molecule has 1 fully saturated rings. The lowest BCUT2D eigenvalue weighted by molar-refractivity contribution is 0.333. The maximum atomic E-state index is 4.50. The van der Waals surface area contributed by atoms with Crippen molar-refractivity contribution in [3.8, 4) is 0 Å². The Morgan fingerprint density at radius 1 is 1.33 bits per heavy atom. The van der Waals surface area contributed by atoms with Gasteiger partial charge in [-0.25, -0.2) is 0 Å². The van der Waals surface area contributed by atoms with Crippen LogP contribution in [0.5, 0.6) is 0 Å². The van der Waals surface area contributed by atoms with E-state index in [-0.39, 0.29) is 0 Å². The third-order valence-corrected chi connectivity index (χ3v) is 3.43. The summed E-state index contributed by atoms with van der Waals surface area (Å²) in [6, 6.07) is 0. The normalized spacial score (nSPS) is 15.6. The second-order valence-corrected chi connectivity index (χ2v) is 4.74. The van der Waals surface area contributed by atoms with E-state index in [4.69, 9.17) is 0 Å². The number of nitrogens with one attached hydrogen (secondary N) is 3. The first-order chi connectivity index (χ1) is 8.86. The number of aromatic nitrogens is 4. The standard InChI is InChI=1S/C12H18N6/c1-2-13-12-16-10(14-6-8-4-3-5-8)9-7-15-18-11(9)17-12/h7-8H,2-6H2,1H3,(H3,13,14,15,16,17,18). The molecule has 0 amide bonds. The monoisotopic (exact) mass is 246 g/mol. The van der Waals surface area contributed by atoms with Gasteiger partial charge in [-0.15, -0.1) is 0 Å². The fourth-order valence-corrected chi connectivity index (χ4v) is 2.14. The fourth-order valence-electron chi connectivity index (χ4n) is 2.14. The number of rotatable bonds is 5. The van der Waals surface area contributed by atoms with Crippen LogP contribution in [0, 0.1) is 5.92 Å². The van der Waals surface area contributed by atoms with Gasteiger partial charge in [-0.05, 0) is 25.7 Å². The third-order valence-electron chi connectivity index (χ3n) is 3.43. The minimum atomic E-state index is 0.644. The highest BCUT2D eigenvalue weighted by Gasteiger charge is 2.18.